The Morgan fingerprint density at radius 3 is 2.28 bits per heavy atom. The maximum atomic E-state index is 13.3. The first kappa shape index (κ1) is 17.0. The van der Waals surface area contributed by atoms with Crippen LogP contribution in [-0.4, -0.2) is 30.3 Å². The van der Waals surface area contributed by atoms with E-state index in [2.05, 4.69) is 5.32 Å². The van der Waals surface area contributed by atoms with E-state index in [1.54, 1.807) is 0 Å². The molecule has 0 amide bonds. The van der Waals surface area contributed by atoms with Crippen molar-refractivity contribution in [2.45, 2.75) is 56.7 Å². The van der Waals surface area contributed by atoms with Crippen molar-refractivity contribution in [3.63, 3.8) is 0 Å². The van der Waals surface area contributed by atoms with Gasteiger partial charge in [-0.3, -0.25) is 0 Å². The SMILES string of the molecule is O=C(OC1[C@@H]2CCC[C@H]1CNC2)[C@@](O)(c1ccccc1)C1CCCC1. The molecule has 0 spiro atoms. The zero-order valence-electron chi connectivity index (χ0n) is 14.8. The molecule has 1 aliphatic heterocycles. The van der Waals surface area contributed by atoms with Gasteiger partial charge in [-0.25, -0.2) is 4.79 Å². The summed E-state index contributed by atoms with van der Waals surface area (Å²) in [7, 11) is 0. The van der Waals surface area contributed by atoms with Gasteiger partial charge in [0.05, 0.1) is 0 Å². The lowest BCUT2D eigenvalue weighted by Gasteiger charge is -2.43. The minimum atomic E-state index is -1.50. The summed E-state index contributed by atoms with van der Waals surface area (Å²) < 4.78 is 6.06. The number of ether oxygens (including phenoxy) is 1. The molecule has 136 valence electrons. The summed E-state index contributed by atoms with van der Waals surface area (Å²) in [5, 5.41) is 15.0. The molecule has 3 fully saturated rings. The van der Waals surface area contributed by atoms with Gasteiger partial charge in [0.2, 0.25) is 0 Å². The number of carbonyl (C=O) groups is 1. The van der Waals surface area contributed by atoms with Crippen LogP contribution in [-0.2, 0) is 15.1 Å². The lowest BCUT2D eigenvalue weighted by atomic mass is 9.75. The van der Waals surface area contributed by atoms with Crippen LogP contribution in [0.4, 0.5) is 0 Å². The average Bonchev–Trinajstić information content (AvgIpc) is 3.16. The van der Waals surface area contributed by atoms with Gasteiger partial charge in [0.25, 0.3) is 0 Å². The van der Waals surface area contributed by atoms with E-state index in [-0.39, 0.29) is 12.0 Å². The Balaban J connectivity index is 1.60. The van der Waals surface area contributed by atoms with Crippen molar-refractivity contribution in [2.75, 3.05) is 13.1 Å². The van der Waals surface area contributed by atoms with Crippen molar-refractivity contribution in [1.29, 1.82) is 0 Å². The monoisotopic (exact) mass is 343 g/mol. The van der Waals surface area contributed by atoms with Crippen molar-refractivity contribution in [3.05, 3.63) is 35.9 Å². The first-order valence-electron chi connectivity index (χ1n) is 9.89. The lowest BCUT2D eigenvalue weighted by molar-refractivity contribution is -0.188. The molecule has 0 aromatic heterocycles. The summed E-state index contributed by atoms with van der Waals surface area (Å²) in [5.74, 6) is 0.318. The molecule has 25 heavy (non-hydrogen) atoms. The van der Waals surface area contributed by atoms with Crippen molar-refractivity contribution in [1.82, 2.24) is 5.32 Å². The van der Waals surface area contributed by atoms with Gasteiger partial charge in [0.1, 0.15) is 6.10 Å². The molecule has 2 N–H and O–H groups in total. The van der Waals surface area contributed by atoms with Gasteiger partial charge in [-0.05, 0) is 31.2 Å². The maximum absolute atomic E-state index is 13.3. The molecule has 3 aliphatic rings. The fourth-order valence-electron chi connectivity index (χ4n) is 5.21. The summed E-state index contributed by atoms with van der Waals surface area (Å²) in [5.41, 5.74) is -0.817. The van der Waals surface area contributed by atoms with E-state index in [4.69, 9.17) is 4.74 Å². The zero-order chi connectivity index (χ0) is 17.3. The van der Waals surface area contributed by atoms with Crippen molar-refractivity contribution in [3.8, 4) is 0 Å². The predicted molar refractivity (Wildman–Crippen MR) is 95.9 cm³/mol. The fourth-order valence-corrected chi connectivity index (χ4v) is 5.21. The molecule has 4 rings (SSSR count). The summed E-state index contributed by atoms with van der Waals surface area (Å²) in [6.45, 7) is 1.84. The van der Waals surface area contributed by atoms with Gasteiger partial charge < -0.3 is 15.2 Å². The molecule has 0 radical (unpaired) electrons. The number of aliphatic hydroxyl groups is 1. The smallest absolute Gasteiger partial charge is 0.343 e. The van der Waals surface area contributed by atoms with E-state index in [0.717, 1.165) is 51.6 Å². The van der Waals surface area contributed by atoms with Crippen LogP contribution in [0.25, 0.3) is 0 Å². The van der Waals surface area contributed by atoms with E-state index in [1.807, 2.05) is 30.3 Å². The molecular weight excluding hydrogens is 314 g/mol. The number of carbonyl (C=O) groups excluding carboxylic acids is 1. The molecular formula is C21H29NO3. The fraction of sp³-hybridized carbons (Fsp3) is 0.667. The Bertz CT molecular complexity index is 576. The highest BCUT2D eigenvalue weighted by molar-refractivity contribution is 5.82. The van der Waals surface area contributed by atoms with Crippen molar-refractivity contribution >= 4 is 5.97 Å². The highest BCUT2D eigenvalue weighted by Gasteiger charge is 2.50. The molecule has 1 saturated heterocycles. The molecule has 2 bridgehead atoms. The summed E-state index contributed by atoms with van der Waals surface area (Å²) in [6.07, 6.45) is 7.32. The van der Waals surface area contributed by atoms with Gasteiger partial charge in [0.15, 0.2) is 5.60 Å². The van der Waals surface area contributed by atoms with E-state index in [9.17, 15) is 9.90 Å². The van der Waals surface area contributed by atoms with E-state index in [1.165, 1.54) is 6.42 Å². The van der Waals surface area contributed by atoms with Gasteiger partial charge in [-0.15, -0.1) is 0 Å². The van der Waals surface area contributed by atoms with E-state index < -0.39 is 11.6 Å². The zero-order valence-corrected chi connectivity index (χ0v) is 14.8. The summed E-state index contributed by atoms with van der Waals surface area (Å²) in [4.78, 5) is 13.3. The first-order valence-corrected chi connectivity index (χ1v) is 9.89. The third-order valence-corrected chi connectivity index (χ3v) is 6.61. The molecule has 1 unspecified atom stereocenters. The van der Waals surface area contributed by atoms with Gasteiger partial charge in [-0.1, -0.05) is 49.6 Å². The molecule has 1 aromatic carbocycles. The van der Waals surface area contributed by atoms with Crippen LogP contribution in [0.2, 0.25) is 0 Å². The van der Waals surface area contributed by atoms with Crippen LogP contribution in [0.15, 0.2) is 30.3 Å². The Labute approximate surface area is 150 Å². The van der Waals surface area contributed by atoms with Gasteiger partial charge in [-0.2, -0.15) is 0 Å². The number of piperidine rings is 1. The average molecular weight is 343 g/mol. The van der Waals surface area contributed by atoms with Crippen LogP contribution in [0, 0.1) is 17.8 Å². The summed E-state index contributed by atoms with van der Waals surface area (Å²) in [6, 6.07) is 9.43. The molecule has 1 heterocycles. The highest BCUT2D eigenvalue weighted by Crippen LogP contribution is 2.43. The minimum Gasteiger partial charge on any atom is -0.459 e. The highest BCUT2D eigenvalue weighted by atomic mass is 16.6. The number of nitrogens with one attached hydrogen (secondary N) is 1. The van der Waals surface area contributed by atoms with E-state index in [0.29, 0.717) is 17.4 Å². The number of hydrogen-bond acceptors (Lipinski definition) is 4. The van der Waals surface area contributed by atoms with Crippen molar-refractivity contribution in [2.24, 2.45) is 17.8 Å². The second kappa shape index (κ2) is 7.08. The Kier molecular flexibility index (Phi) is 4.83. The van der Waals surface area contributed by atoms with Crippen LogP contribution in [0.5, 0.6) is 0 Å². The van der Waals surface area contributed by atoms with Gasteiger partial charge >= 0.3 is 5.97 Å². The number of benzene rings is 1. The van der Waals surface area contributed by atoms with Crippen LogP contribution >= 0.6 is 0 Å². The molecule has 2 aliphatic carbocycles. The second-order valence-electron chi connectivity index (χ2n) is 8.09. The van der Waals surface area contributed by atoms with Crippen LogP contribution in [0.1, 0.15) is 50.5 Å². The normalized spacial score (nSPS) is 32.1. The number of rotatable bonds is 4. The molecule has 1 aromatic rings. The Morgan fingerprint density at radius 1 is 1.00 bits per heavy atom. The second-order valence-corrected chi connectivity index (χ2v) is 8.09. The summed E-state index contributed by atoms with van der Waals surface area (Å²) >= 11 is 0. The lowest BCUT2D eigenvalue weighted by Crippen LogP contribution is -2.54. The molecule has 4 nitrogen and oxygen atoms in total. The molecule has 4 atom stereocenters. The third-order valence-electron chi connectivity index (χ3n) is 6.61. The number of hydrogen-bond donors (Lipinski definition) is 2. The number of esters is 1. The first-order chi connectivity index (χ1) is 12.2. The van der Waals surface area contributed by atoms with Crippen LogP contribution in [0.3, 0.4) is 0 Å². The Morgan fingerprint density at radius 2 is 1.64 bits per heavy atom. The minimum absolute atomic E-state index is 0.0380. The van der Waals surface area contributed by atoms with Gasteiger partial charge in [0, 0.05) is 30.8 Å². The largest absolute Gasteiger partial charge is 0.459 e. The predicted octanol–water partition coefficient (Wildman–Crippen LogP) is 3.00. The topological polar surface area (TPSA) is 58.6 Å². The third kappa shape index (κ3) is 3.11. The Hall–Kier alpha value is -1.39. The number of fused-ring (bicyclic) bond motifs is 2. The standard InChI is InChI=1S/C21H29NO3/c23-20(25-19-15-7-6-8-16(19)14-22-13-15)21(24,18-11-4-5-12-18)17-9-2-1-3-10-17/h1-3,9-10,15-16,18-19,22,24H,4-8,11-14H2/t15-,16+,19?,21-/m1/s1. The van der Waals surface area contributed by atoms with E-state index >= 15 is 0 Å². The molecule has 4 heteroatoms. The quantitative estimate of drug-likeness (QED) is 0.825. The van der Waals surface area contributed by atoms with Crippen molar-refractivity contribution < 1.29 is 14.6 Å². The maximum Gasteiger partial charge on any atom is 0.343 e. The van der Waals surface area contributed by atoms with Crippen LogP contribution < -0.4 is 5.32 Å². The molecule has 2 saturated carbocycles.